The van der Waals surface area contributed by atoms with Crippen molar-refractivity contribution in [2.75, 3.05) is 13.7 Å². The fourth-order valence-electron chi connectivity index (χ4n) is 1.79. The van der Waals surface area contributed by atoms with Gasteiger partial charge in [-0.25, -0.2) is 0 Å². The molecule has 0 saturated heterocycles. The van der Waals surface area contributed by atoms with Gasteiger partial charge in [-0.1, -0.05) is 24.3 Å². The maximum Gasteiger partial charge on any atom is 0.0630 e. The molecular formula is C13H14ClNO. The van der Waals surface area contributed by atoms with E-state index in [1.807, 2.05) is 24.4 Å². The van der Waals surface area contributed by atoms with Crippen molar-refractivity contribution in [3.63, 3.8) is 0 Å². The first-order valence-corrected chi connectivity index (χ1v) is 5.70. The van der Waals surface area contributed by atoms with E-state index in [1.54, 1.807) is 7.11 Å². The first-order chi connectivity index (χ1) is 7.81. The van der Waals surface area contributed by atoms with Gasteiger partial charge in [-0.15, -0.1) is 11.6 Å². The van der Waals surface area contributed by atoms with Gasteiger partial charge >= 0.3 is 0 Å². The second-order valence-electron chi connectivity index (χ2n) is 3.74. The van der Waals surface area contributed by atoms with Crippen LogP contribution in [0.5, 0.6) is 0 Å². The van der Waals surface area contributed by atoms with Gasteiger partial charge in [0.1, 0.15) is 0 Å². The van der Waals surface area contributed by atoms with Gasteiger partial charge < -0.3 is 4.74 Å². The smallest absolute Gasteiger partial charge is 0.0630 e. The average molecular weight is 236 g/mol. The molecule has 0 N–H and O–H groups in total. The third-order valence-electron chi connectivity index (χ3n) is 2.52. The predicted octanol–water partition coefficient (Wildman–Crippen LogP) is 3.03. The molecule has 1 aromatic carbocycles. The Morgan fingerprint density at radius 1 is 1.31 bits per heavy atom. The number of fused-ring (bicyclic) bond motifs is 1. The number of rotatable bonds is 4. The van der Waals surface area contributed by atoms with E-state index in [2.05, 4.69) is 17.1 Å². The standard InChI is InChI=1S/C13H14ClNO/c1-16-9-11(14)8-13-12-5-3-2-4-10(12)6-7-15-13/h2-7,11H,8-9H2,1H3. The summed E-state index contributed by atoms with van der Waals surface area (Å²) in [4.78, 5) is 4.39. The number of methoxy groups -OCH3 is 1. The van der Waals surface area contributed by atoms with E-state index in [4.69, 9.17) is 16.3 Å². The molecule has 0 aliphatic rings. The van der Waals surface area contributed by atoms with Gasteiger partial charge in [0, 0.05) is 30.8 Å². The minimum Gasteiger partial charge on any atom is -0.383 e. The normalized spacial score (nSPS) is 12.9. The molecule has 1 aromatic heterocycles. The van der Waals surface area contributed by atoms with Crippen molar-refractivity contribution in [1.82, 2.24) is 4.98 Å². The van der Waals surface area contributed by atoms with Crippen molar-refractivity contribution in [2.45, 2.75) is 11.8 Å². The van der Waals surface area contributed by atoms with Crippen LogP contribution in [-0.4, -0.2) is 24.1 Å². The van der Waals surface area contributed by atoms with Crippen LogP contribution in [0.25, 0.3) is 10.8 Å². The first kappa shape index (κ1) is 11.4. The SMILES string of the molecule is COCC(Cl)Cc1nccc2ccccc12. The monoisotopic (exact) mass is 235 g/mol. The molecule has 16 heavy (non-hydrogen) atoms. The third kappa shape index (κ3) is 2.52. The van der Waals surface area contributed by atoms with Gasteiger partial charge in [0.05, 0.1) is 12.0 Å². The number of pyridine rings is 1. The van der Waals surface area contributed by atoms with Crippen LogP contribution in [0.4, 0.5) is 0 Å². The van der Waals surface area contributed by atoms with Crippen molar-refractivity contribution in [2.24, 2.45) is 0 Å². The zero-order valence-electron chi connectivity index (χ0n) is 9.19. The lowest BCUT2D eigenvalue weighted by atomic mass is 10.1. The number of alkyl halides is 1. The van der Waals surface area contributed by atoms with Crippen LogP contribution in [-0.2, 0) is 11.2 Å². The van der Waals surface area contributed by atoms with E-state index >= 15 is 0 Å². The Morgan fingerprint density at radius 2 is 2.12 bits per heavy atom. The molecular weight excluding hydrogens is 222 g/mol. The van der Waals surface area contributed by atoms with Crippen LogP contribution < -0.4 is 0 Å². The number of halogens is 1. The molecule has 1 unspecified atom stereocenters. The summed E-state index contributed by atoms with van der Waals surface area (Å²) in [7, 11) is 1.66. The predicted molar refractivity (Wildman–Crippen MR) is 67.0 cm³/mol. The fourth-order valence-corrected chi connectivity index (χ4v) is 2.07. The Labute approximate surface area is 100 Å². The van der Waals surface area contributed by atoms with Crippen LogP contribution in [0.2, 0.25) is 0 Å². The molecule has 1 heterocycles. The lowest BCUT2D eigenvalue weighted by molar-refractivity contribution is 0.197. The maximum absolute atomic E-state index is 6.15. The quantitative estimate of drug-likeness (QED) is 0.760. The van der Waals surface area contributed by atoms with Crippen LogP contribution in [0.15, 0.2) is 36.5 Å². The molecule has 0 amide bonds. The summed E-state index contributed by atoms with van der Waals surface area (Å²) in [5.41, 5.74) is 1.04. The lowest BCUT2D eigenvalue weighted by Crippen LogP contribution is -2.11. The molecule has 0 spiro atoms. The highest BCUT2D eigenvalue weighted by Gasteiger charge is 2.09. The molecule has 0 aliphatic carbocycles. The van der Waals surface area contributed by atoms with E-state index in [9.17, 15) is 0 Å². The summed E-state index contributed by atoms with van der Waals surface area (Å²) in [5.74, 6) is 0. The Balaban J connectivity index is 2.30. The highest BCUT2D eigenvalue weighted by atomic mass is 35.5. The van der Waals surface area contributed by atoms with Crippen molar-refractivity contribution in [3.05, 3.63) is 42.2 Å². The molecule has 84 valence electrons. The average Bonchev–Trinajstić information content (AvgIpc) is 2.30. The second-order valence-corrected chi connectivity index (χ2v) is 4.35. The van der Waals surface area contributed by atoms with E-state index in [0.717, 1.165) is 12.1 Å². The molecule has 2 nitrogen and oxygen atoms in total. The summed E-state index contributed by atoms with van der Waals surface area (Å²) in [6.07, 6.45) is 2.56. The van der Waals surface area contributed by atoms with Crippen LogP contribution >= 0.6 is 11.6 Å². The van der Waals surface area contributed by atoms with Crippen LogP contribution in [0.3, 0.4) is 0 Å². The number of aromatic nitrogens is 1. The highest BCUT2D eigenvalue weighted by molar-refractivity contribution is 6.20. The highest BCUT2D eigenvalue weighted by Crippen LogP contribution is 2.18. The topological polar surface area (TPSA) is 22.1 Å². The minimum atomic E-state index is -0.0247. The van der Waals surface area contributed by atoms with E-state index < -0.39 is 0 Å². The summed E-state index contributed by atoms with van der Waals surface area (Å²) in [6, 6.07) is 10.2. The second kappa shape index (κ2) is 5.28. The largest absolute Gasteiger partial charge is 0.383 e. The number of nitrogens with zero attached hydrogens (tertiary/aromatic N) is 1. The number of ether oxygens (including phenoxy) is 1. The van der Waals surface area contributed by atoms with Crippen molar-refractivity contribution in [3.8, 4) is 0 Å². The van der Waals surface area contributed by atoms with Gasteiger partial charge in [-0.2, -0.15) is 0 Å². The summed E-state index contributed by atoms with van der Waals surface area (Å²) < 4.78 is 5.03. The van der Waals surface area contributed by atoms with Gasteiger partial charge in [-0.3, -0.25) is 4.98 Å². The van der Waals surface area contributed by atoms with Gasteiger partial charge in [0.25, 0.3) is 0 Å². The first-order valence-electron chi connectivity index (χ1n) is 5.27. The van der Waals surface area contributed by atoms with E-state index in [0.29, 0.717) is 6.61 Å². The molecule has 0 radical (unpaired) electrons. The van der Waals surface area contributed by atoms with Gasteiger partial charge in [0.15, 0.2) is 0 Å². The van der Waals surface area contributed by atoms with Gasteiger partial charge in [0.2, 0.25) is 0 Å². The number of hydrogen-bond acceptors (Lipinski definition) is 2. The molecule has 0 aliphatic heterocycles. The number of hydrogen-bond donors (Lipinski definition) is 0. The van der Waals surface area contributed by atoms with Crippen LogP contribution in [0.1, 0.15) is 5.69 Å². The molecule has 3 heteroatoms. The Bertz CT molecular complexity index is 467. The summed E-state index contributed by atoms with van der Waals surface area (Å²) in [5, 5.41) is 2.35. The van der Waals surface area contributed by atoms with Crippen molar-refractivity contribution < 1.29 is 4.74 Å². The molecule has 2 aromatic rings. The lowest BCUT2D eigenvalue weighted by Gasteiger charge is -2.09. The molecule has 0 bridgehead atoms. The molecule has 0 fully saturated rings. The minimum absolute atomic E-state index is 0.0247. The summed E-state index contributed by atoms with van der Waals surface area (Å²) in [6.45, 7) is 0.548. The van der Waals surface area contributed by atoms with Crippen LogP contribution in [0, 0.1) is 0 Å². The van der Waals surface area contributed by atoms with Gasteiger partial charge in [-0.05, 0) is 11.5 Å². The molecule has 0 saturated carbocycles. The molecule has 1 atom stereocenters. The zero-order chi connectivity index (χ0) is 11.4. The maximum atomic E-state index is 6.15. The van der Waals surface area contributed by atoms with E-state index in [1.165, 1.54) is 10.8 Å². The van der Waals surface area contributed by atoms with Crippen molar-refractivity contribution in [1.29, 1.82) is 0 Å². The van der Waals surface area contributed by atoms with Crippen molar-refractivity contribution >= 4 is 22.4 Å². The Kier molecular flexibility index (Phi) is 3.75. The fraction of sp³-hybridized carbons (Fsp3) is 0.308. The summed E-state index contributed by atoms with van der Waals surface area (Å²) >= 11 is 6.15. The Morgan fingerprint density at radius 3 is 2.94 bits per heavy atom. The number of benzene rings is 1. The zero-order valence-corrected chi connectivity index (χ0v) is 9.95. The molecule has 2 rings (SSSR count). The van der Waals surface area contributed by atoms with E-state index in [-0.39, 0.29) is 5.38 Å². The Hall–Kier alpha value is -1.12. The third-order valence-corrected chi connectivity index (χ3v) is 2.80.